The van der Waals surface area contributed by atoms with Crippen LogP contribution in [0.4, 0.5) is 4.79 Å². The summed E-state index contributed by atoms with van der Waals surface area (Å²) in [5.41, 5.74) is -0.800. The minimum atomic E-state index is -0.916. The molecule has 1 aliphatic heterocycles. The van der Waals surface area contributed by atoms with Gasteiger partial charge in [0.05, 0.1) is 31.2 Å². The first-order valence-corrected chi connectivity index (χ1v) is 6.56. The molecule has 6 heteroatoms. The van der Waals surface area contributed by atoms with Gasteiger partial charge in [0.2, 0.25) is 0 Å². The van der Waals surface area contributed by atoms with Gasteiger partial charge >= 0.3 is 12.1 Å². The van der Waals surface area contributed by atoms with E-state index in [4.69, 9.17) is 14.6 Å². The van der Waals surface area contributed by atoms with Crippen LogP contribution < -0.4 is 0 Å². The van der Waals surface area contributed by atoms with Crippen LogP contribution in [0.1, 0.15) is 40.0 Å². The van der Waals surface area contributed by atoms with Gasteiger partial charge in [0.15, 0.2) is 0 Å². The van der Waals surface area contributed by atoms with Gasteiger partial charge in [-0.2, -0.15) is 0 Å². The third-order valence-electron chi connectivity index (χ3n) is 3.39. The Balaban J connectivity index is 2.02. The highest BCUT2D eigenvalue weighted by atomic mass is 16.6. The van der Waals surface area contributed by atoms with E-state index >= 15 is 0 Å². The highest BCUT2D eigenvalue weighted by molar-refractivity contribution is 5.71. The van der Waals surface area contributed by atoms with Gasteiger partial charge in [0.25, 0.3) is 0 Å². The van der Waals surface area contributed by atoms with Gasteiger partial charge in [-0.1, -0.05) is 0 Å². The second kappa shape index (κ2) is 4.67. The molecule has 2 rings (SSSR count). The van der Waals surface area contributed by atoms with Crippen molar-refractivity contribution >= 4 is 12.1 Å². The zero-order valence-corrected chi connectivity index (χ0v) is 11.6. The normalized spacial score (nSPS) is 25.2. The number of morpholine rings is 1. The summed E-state index contributed by atoms with van der Waals surface area (Å²) in [6.45, 7) is 6.16. The maximum Gasteiger partial charge on any atom is 0.410 e. The summed E-state index contributed by atoms with van der Waals surface area (Å²) in [5.74, 6) is -0.916. The summed E-state index contributed by atoms with van der Waals surface area (Å²) >= 11 is 0. The van der Waals surface area contributed by atoms with E-state index in [0.29, 0.717) is 13.2 Å². The highest BCUT2D eigenvalue weighted by Gasteiger charge is 2.55. The van der Waals surface area contributed by atoms with E-state index in [9.17, 15) is 9.59 Å². The third kappa shape index (κ3) is 3.37. The van der Waals surface area contributed by atoms with Gasteiger partial charge in [-0.25, -0.2) is 4.79 Å². The minimum absolute atomic E-state index is 0.0879. The average Bonchev–Trinajstić information content (AvgIpc) is 2.98. The van der Waals surface area contributed by atoms with E-state index in [0.717, 1.165) is 12.8 Å². The quantitative estimate of drug-likeness (QED) is 0.826. The summed E-state index contributed by atoms with van der Waals surface area (Å²) in [7, 11) is 0. The fourth-order valence-corrected chi connectivity index (χ4v) is 2.26. The second-order valence-electron chi connectivity index (χ2n) is 6.35. The lowest BCUT2D eigenvalue weighted by molar-refractivity contribution is -0.144. The predicted molar refractivity (Wildman–Crippen MR) is 66.9 cm³/mol. The van der Waals surface area contributed by atoms with Crippen LogP contribution >= 0.6 is 0 Å². The molecule has 108 valence electrons. The first kappa shape index (κ1) is 14.1. The number of carboxylic acids is 1. The number of hydrogen-bond donors (Lipinski definition) is 1. The average molecular weight is 271 g/mol. The van der Waals surface area contributed by atoms with E-state index in [-0.39, 0.29) is 18.1 Å². The number of nitrogens with zero attached hydrogens (tertiary/aromatic N) is 1. The Morgan fingerprint density at radius 2 is 2.05 bits per heavy atom. The molecule has 0 radical (unpaired) electrons. The zero-order chi connectivity index (χ0) is 14.3. The number of aliphatic carboxylic acids is 1. The summed E-state index contributed by atoms with van der Waals surface area (Å²) in [5, 5.41) is 8.81. The largest absolute Gasteiger partial charge is 0.481 e. The molecule has 1 atom stereocenters. The van der Waals surface area contributed by atoms with Gasteiger partial charge in [0.1, 0.15) is 5.60 Å². The summed E-state index contributed by atoms with van der Waals surface area (Å²) < 4.78 is 10.9. The lowest BCUT2D eigenvalue weighted by atomic mass is 10.1. The van der Waals surface area contributed by atoms with Crippen LogP contribution in [0, 0.1) is 0 Å². The molecule has 1 amide bonds. The van der Waals surface area contributed by atoms with Crippen LogP contribution in [0.5, 0.6) is 0 Å². The first-order valence-electron chi connectivity index (χ1n) is 6.56. The molecule has 0 bridgehead atoms. The number of carboxylic acid groups (broad SMARTS) is 1. The van der Waals surface area contributed by atoms with Crippen LogP contribution in [-0.4, -0.2) is 52.5 Å². The van der Waals surface area contributed by atoms with E-state index in [1.54, 1.807) is 4.90 Å². The second-order valence-corrected chi connectivity index (χ2v) is 6.35. The van der Waals surface area contributed by atoms with Crippen molar-refractivity contribution in [2.45, 2.75) is 57.3 Å². The van der Waals surface area contributed by atoms with Gasteiger partial charge in [-0.3, -0.25) is 9.69 Å². The maximum atomic E-state index is 12.2. The number of hydrogen-bond acceptors (Lipinski definition) is 4. The first-order chi connectivity index (χ1) is 8.72. The molecule has 1 spiro atoms. The SMILES string of the molecule is CC(C)(C)OC(=O)N1CC(CC(=O)O)OCC12CC2. The molecule has 1 heterocycles. The fourth-order valence-electron chi connectivity index (χ4n) is 2.26. The Kier molecular flexibility index (Phi) is 3.47. The Morgan fingerprint density at radius 1 is 1.42 bits per heavy atom. The number of carbonyl (C=O) groups excluding carboxylic acids is 1. The molecular formula is C13H21NO5. The summed E-state index contributed by atoms with van der Waals surface area (Å²) in [6, 6.07) is 0. The molecule has 0 aromatic carbocycles. The summed E-state index contributed by atoms with van der Waals surface area (Å²) in [4.78, 5) is 24.6. The van der Waals surface area contributed by atoms with Gasteiger partial charge < -0.3 is 14.6 Å². The smallest absolute Gasteiger partial charge is 0.410 e. The van der Waals surface area contributed by atoms with Crippen molar-refractivity contribution in [3.05, 3.63) is 0 Å². The molecule has 1 saturated heterocycles. The lowest BCUT2D eigenvalue weighted by Gasteiger charge is -2.40. The molecule has 2 fully saturated rings. The van der Waals surface area contributed by atoms with Crippen molar-refractivity contribution in [3.63, 3.8) is 0 Å². The van der Waals surface area contributed by atoms with Crippen molar-refractivity contribution in [2.75, 3.05) is 13.2 Å². The molecular weight excluding hydrogens is 250 g/mol. The van der Waals surface area contributed by atoms with Crippen LogP contribution in [0.2, 0.25) is 0 Å². The van der Waals surface area contributed by atoms with Crippen LogP contribution in [0.3, 0.4) is 0 Å². The Morgan fingerprint density at radius 3 is 2.53 bits per heavy atom. The number of carbonyl (C=O) groups is 2. The molecule has 6 nitrogen and oxygen atoms in total. The van der Waals surface area contributed by atoms with Crippen molar-refractivity contribution in [2.24, 2.45) is 0 Å². The molecule has 0 aromatic heterocycles. The van der Waals surface area contributed by atoms with Gasteiger partial charge in [0, 0.05) is 0 Å². The number of amides is 1. The maximum absolute atomic E-state index is 12.2. The number of rotatable bonds is 2. The molecule has 2 aliphatic rings. The third-order valence-corrected chi connectivity index (χ3v) is 3.39. The fraction of sp³-hybridized carbons (Fsp3) is 0.846. The molecule has 0 aromatic rings. The van der Waals surface area contributed by atoms with Gasteiger partial charge in [-0.05, 0) is 33.6 Å². The van der Waals surface area contributed by atoms with E-state index in [2.05, 4.69) is 0 Å². The van der Waals surface area contributed by atoms with E-state index in [1.165, 1.54) is 0 Å². The van der Waals surface area contributed by atoms with Crippen molar-refractivity contribution in [3.8, 4) is 0 Å². The summed E-state index contributed by atoms with van der Waals surface area (Å²) in [6.07, 6.45) is 0.882. The van der Waals surface area contributed by atoms with Crippen LogP contribution in [-0.2, 0) is 14.3 Å². The molecule has 1 unspecified atom stereocenters. The molecule has 1 N–H and O–H groups in total. The molecule has 1 saturated carbocycles. The van der Waals surface area contributed by atoms with Gasteiger partial charge in [-0.15, -0.1) is 0 Å². The van der Waals surface area contributed by atoms with Crippen molar-refractivity contribution in [1.29, 1.82) is 0 Å². The minimum Gasteiger partial charge on any atom is -0.481 e. The van der Waals surface area contributed by atoms with Crippen LogP contribution in [0.25, 0.3) is 0 Å². The topological polar surface area (TPSA) is 76.1 Å². The monoisotopic (exact) mass is 271 g/mol. The van der Waals surface area contributed by atoms with Crippen molar-refractivity contribution < 1.29 is 24.2 Å². The van der Waals surface area contributed by atoms with E-state index in [1.807, 2.05) is 20.8 Å². The van der Waals surface area contributed by atoms with Crippen molar-refractivity contribution in [1.82, 2.24) is 4.90 Å². The lowest BCUT2D eigenvalue weighted by Crippen LogP contribution is -2.55. The standard InChI is InChI=1S/C13H21NO5/c1-12(2,3)19-11(17)14-7-9(6-10(15)16)18-8-13(14)4-5-13/h9H,4-8H2,1-3H3,(H,15,16). The Hall–Kier alpha value is -1.30. The highest BCUT2D eigenvalue weighted by Crippen LogP contribution is 2.45. The van der Waals surface area contributed by atoms with Crippen LogP contribution in [0.15, 0.2) is 0 Å². The predicted octanol–water partition coefficient (Wildman–Crippen LogP) is 1.63. The zero-order valence-electron chi connectivity index (χ0n) is 11.6. The molecule has 19 heavy (non-hydrogen) atoms. The Labute approximate surface area is 112 Å². The van der Waals surface area contributed by atoms with E-state index < -0.39 is 17.7 Å². The number of ether oxygens (including phenoxy) is 2. The molecule has 1 aliphatic carbocycles. The Bertz CT molecular complexity index is 383.